The van der Waals surface area contributed by atoms with Gasteiger partial charge in [0.2, 0.25) is 5.91 Å². The Morgan fingerprint density at radius 2 is 1.81 bits per heavy atom. The maximum Gasteiger partial charge on any atom is 0.277 e. The maximum atomic E-state index is 13.5. The molecular weight excluding hydrogens is 394 g/mol. The summed E-state index contributed by atoms with van der Waals surface area (Å²) in [6, 6.07) is 12.2. The van der Waals surface area contributed by atoms with Crippen LogP contribution >= 0.6 is 0 Å². The summed E-state index contributed by atoms with van der Waals surface area (Å²) >= 11 is 0. The number of rotatable bonds is 6. The number of hydrogen-bond acceptors (Lipinski definition) is 5. The molecule has 7 nitrogen and oxygen atoms in total. The second-order valence-corrected chi connectivity index (χ2v) is 7.94. The van der Waals surface area contributed by atoms with Crippen LogP contribution in [-0.2, 0) is 14.4 Å². The molecule has 1 atom stereocenters. The molecule has 0 aliphatic carbocycles. The summed E-state index contributed by atoms with van der Waals surface area (Å²) in [6.45, 7) is 4.54. The molecule has 0 fully saturated rings. The predicted molar refractivity (Wildman–Crippen MR) is 118 cm³/mol. The standard InChI is InChI=1S/C24H25N3O4/c1-4-5-12-27-17-11-10-14(2)13-15(17)19(23(27)30)20-21(24(31)26(3)22(20)29)25-16-8-6-7-9-18(16)28/h6-11,13,19,25,28H,4-5,12H2,1-3H3. The molecule has 2 aromatic carbocycles. The number of carbonyl (C=O) groups is 3. The van der Waals surface area contributed by atoms with Crippen LogP contribution in [0, 0.1) is 6.92 Å². The molecular formula is C24H25N3O4. The molecule has 7 heteroatoms. The molecule has 2 N–H and O–H groups in total. The van der Waals surface area contributed by atoms with E-state index >= 15 is 0 Å². The first kappa shape index (κ1) is 20.7. The first-order valence-electron chi connectivity index (χ1n) is 10.4. The Morgan fingerprint density at radius 3 is 2.52 bits per heavy atom. The second kappa shape index (κ2) is 7.91. The minimum Gasteiger partial charge on any atom is -0.506 e. The average molecular weight is 419 g/mol. The number of aryl methyl sites for hydroxylation is 1. The fourth-order valence-corrected chi connectivity index (χ4v) is 4.15. The Bertz CT molecular complexity index is 1120. The Kier molecular flexibility index (Phi) is 5.27. The molecule has 2 aliphatic heterocycles. The van der Waals surface area contributed by atoms with Gasteiger partial charge in [-0.2, -0.15) is 0 Å². The van der Waals surface area contributed by atoms with Gasteiger partial charge in [0.05, 0.1) is 17.2 Å². The van der Waals surface area contributed by atoms with Crippen molar-refractivity contribution in [1.29, 1.82) is 0 Å². The lowest BCUT2D eigenvalue weighted by atomic mass is 9.90. The summed E-state index contributed by atoms with van der Waals surface area (Å²) in [6.07, 6.45) is 1.76. The van der Waals surface area contributed by atoms with Crippen molar-refractivity contribution in [3.05, 3.63) is 64.9 Å². The Balaban J connectivity index is 1.86. The summed E-state index contributed by atoms with van der Waals surface area (Å²) in [7, 11) is 1.40. The van der Waals surface area contributed by atoms with Crippen molar-refractivity contribution < 1.29 is 19.5 Å². The van der Waals surface area contributed by atoms with Crippen molar-refractivity contribution in [2.45, 2.75) is 32.6 Å². The van der Waals surface area contributed by atoms with Gasteiger partial charge in [-0.25, -0.2) is 0 Å². The van der Waals surface area contributed by atoms with Crippen molar-refractivity contribution in [1.82, 2.24) is 4.90 Å². The molecule has 31 heavy (non-hydrogen) atoms. The van der Waals surface area contributed by atoms with Crippen LogP contribution in [-0.4, -0.2) is 41.3 Å². The number of aromatic hydroxyl groups is 1. The first-order valence-corrected chi connectivity index (χ1v) is 10.4. The molecule has 0 aromatic heterocycles. The summed E-state index contributed by atoms with van der Waals surface area (Å²) in [5.41, 5.74) is 2.91. The lowest BCUT2D eigenvalue weighted by Crippen LogP contribution is -2.32. The van der Waals surface area contributed by atoms with E-state index in [-0.39, 0.29) is 22.9 Å². The number of nitrogens with zero attached hydrogens (tertiary/aromatic N) is 2. The van der Waals surface area contributed by atoms with Crippen molar-refractivity contribution in [3.63, 3.8) is 0 Å². The van der Waals surface area contributed by atoms with E-state index < -0.39 is 17.7 Å². The third kappa shape index (κ3) is 3.36. The lowest BCUT2D eigenvalue weighted by Gasteiger charge is -2.18. The van der Waals surface area contributed by atoms with E-state index in [1.807, 2.05) is 25.1 Å². The molecule has 0 bridgehead atoms. The van der Waals surface area contributed by atoms with Crippen LogP contribution in [0.1, 0.15) is 36.8 Å². The van der Waals surface area contributed by atoms with Gasteiger partial charge in [-0.05, 0) is 37.1 Å². The van der Waals surface area contributed by atoms with Crippen molar-refractivity contribution in [2.75, 3.05) is 23.8 Å². The number of phenolic OH excluding ortho intramolecular Hbond substituents is 1. The fraction of sp³-hybridized carbons (Fsp3) is 0.292. The number of likely N-dealkylation sites (N-methyl/N-ethyl adjacent to an activating group) is 1. The van der Waals surface area contributed by atoms with E-state index in [0.717, 1.165) is 34.6 Å². The number of nitrogens with one attached hydrogen (secondary N) is 1. The monoisotopic (exact) mass is 419 g/mol. The largest absolute Gasteiger partial charge is 0.506 e. The Morgan fingerprint density at radius 1 is 1.06 bits per heavy atom. The zero-order valence-electron chi connectivity index (χ0n) is 17.8. The van der Waals surface area contributed by atoms with Gasteiger partial charge in [-0.3, -0.25) is 19.3 Å². The van der Waals surface area contributed by atoms with Gasteiger partial charge >= 0.3 is 0 Å². The van der Waals surface area contributed by atoms with Crippen molar-refractivity contribution in [2.24, 2.45) is 0 Å². The molecule has 0 saturated heterocycles. The minimum atomic E-state index is -0.874. The zero-order chi connectivity index (χ0) is 22.3. The molecule has 3 amide bonds. The maximum absolute atomic E-state index is 13.5. The second-order valence-electron chi connectivity index (χ2n) is 7.94. The Hall–Kier alpha value is -3.61. The average Bonchev–Trinajstić information content (AvgIpc) is 3.12. The van der Waals surface area contributed by atoms with E-state index in [0.29, 0.717) is 12.2 Å². The summed E-state index contributed by atoms with van der Waals surface area (Å²) in [4.78, 5) is 42.3. The fourth-order valence-electron chi connectivity index (χ4n) is 4.15. The quantitative estimate of drug-likeness (QED) is 0.554. The zero-order valence-corrected chi connectivity index (χ0v) is 17.8. The van der Waals surface area contributed by atoms with Crippen molar-refractivity contribution >= 4 is 29.1 Å². The molecule has 0 spiro atoms. The highest BCUT2D eigenvalue weighted by Gasteiger charge is 2.48. The molecule has 160 valence electrons. The number of carbonyl (C=O) groups excluding carboxylic acids is 3. The number of para-hydroxylation sites is 2. The van der Waals surface area contributed by atoms with E-state index in [1.54, 1.807) is 23.1 Å². The number of amides is 3. The van der Waals surface area contributed by atoms with Crippen LogP contribution in [0.3, 0.4) is 0 Å². The number of unbranched alkanes of at least 4 members (excludes halogenated alkanes) is 1. The number of imide groups is 1. The number of phenols is 1. The van der Waals surface area contributed by atoms with Gasteiger partial charge in [0.25, 0.3) is 11.8 Å². The van der Waals surface area contributed by atoms with Gasteiger partial charge in [-0.15, -0.1) is 0 Å². The van der Waals surface area contributed by atoms with E-state index in [4.69, 9.17) is 0 Å². The molecule has 0 saturated carbocycles. The number of fused-ring (bicyclic) bond motifs is 1. The number of benzene rings is 2. The van der Waals surface area contributed by atoms with Crippen LogP contribution in [0.2, 0.25) is 0 Å². The molecule has 2 aliphatic rings. The van der Waals surface area contributed by atoms with Crippen molar-refractivity contribution in [3.8, 4) is 5.75 Å². The molecule has 0 radical (unpaired) electrons. The van der Waals surface area contributed by atoms with Gasteiger partial charge in [0.15, 0.2) is 0 Å². The molecule has 4 rings (SSSR count). The Labute approximate surface area is 181 Å². The molecule has 2 aromatic rings. The first-order chi connectivity index (χ1) is 14.8. The van der Waals surface area contributed by atoms with E-state index in [2.05, 4.69) is 12.2 Å². The predicted octanol–water partition coefficient (Wildman–Crippen LogP) is 3.30. The van der Waals surface area contributed by atoms with Gasteiger partial charge < -0.3 is 15.3 Å². The smallest absolute Gasteiger partial charge is 0.277 e. The van der Waals surface area contributed by atoms with Crippen LogP contribution in [0.15, 0.2) is 53.7 Å². The summed E-state index contributed by atoms with van der Waals surface area (Å²) in [5.74, 6) is -2.18. The van der Waals surface area contributed by atoms with Crippen LogP contribution in [0.5, 0.6) is 5.75 Å². The highest BCUT2D eigenvalue weighted by Crippen LogP contribution is 2.45. The van der Waals surface area contributed by atoms with E-state index in [9.17, 15) is 19.5 Å². The van der Waals surface area contributed by atoms with Crippen LogP contribution < -0.4 is 10.2 Å². The third-order valence-electron chi connectivity index (χ3n) is 5.81. The molecule has 2 heterocycles. The van der Waals surface area contributed by atoms with Crippen LogP contribution in [0.25, 0.3) is 0 Å². The third-order valence-corrected chi connectivity index (χ3v) is 5.81. The highest BCUT2D eigenvalue weighted by molar-refractivity contribution is 6.25. The SMILES string of the molecule is CCCCN1C(=O)C(C2=C(Nc3ccccc3O)C(=O)N(C)C2=O)c2cc(C)ccc21. The van der Waals surface area contributed by atoms with Gasteiger partial charge in [0.1, 0.15) is 11.4 Å². The minimum absolute atomic E-state index is 0.0251. The number of anilines is 2. The number of hydrogen-bond donors (Lipinski definition) is 2. The normalized spacial score (nSPS) is 18.3. The highest BCUT2D eigenvalue weighted by atomic mass is 16.3. The topological polar surface area (TPSA) is 90.0 Å². The summed E-state index contributed by atoms with van der Waals surface area (Å²) in [5, 5.41) is 13.1. The van der Waals surface area contributed by atoms with E-state index in [1.165, 1.54) is 13.1 Å². The van der Waals surface area contributed by atoms with Gasteiger partial charge in [0, 0.05) is 19.3 Å². The van der Waals surface area contributed by atoms with Gasteiger partial charge in [-0.1, -0.05) is 43.2 Å². The lowest BCUT2D eigenvalue weighted by molar-refractivity contribution is -0.136. The molecule has 1 unspecified atom stereocenters. The summed E-state index contributed by atoms with van der Waals surface area (Å²) < 4.78 is 0. The van der Waals surface area contributed by atoms with Crippen LogP contribution in [0.4, 0.5) is 11.4 Å².